The van der Waals surface area contributed by atoms with Crippen LogP contribution in [0.1, 0.15) is 0 Å². The van der Waals surface area contributed by atoms with Crippen LogP contribution in [-0.2, 0) is 0 Å². The maximum Gasteiger partial charge on any atom is 0.269 e. The van der Waals surface area contributed by atoms with Gasteiger partial charge in [-0.2, -0.15) is 10.2 Å². The maximum atomic E-state index is 10.5. The number of non-ortho nitro benzene ring substituents is 1. The minimum atomic E-state index is -0.640. The van der Waals surface area contributed by atoms with Crippen molar-refractivity contribution in [2.75, 3.05) is 0 Å². The zero-order chi connectivity index (χ0) is 14.7. The van der Waals surface area contributed by atoms with Crippen LogP contribution in [0, 0.1) is 10.1 Å². The standard InChI is InChI=1S/C12H9N3O5/c16-10-5-8(6-11(17)12(10)18)14-13-7-1-3-9(4-2-7)15(19)20/h1-6,16-18H. The highest BCUT2D eigenvalue weighted by atomic mass is 16.6. The molecule has 0 aliphatic heterocycles. The summed E-state index contributed by atoms with van der Waals surface area (Å²) in [6.45, 7) is 0. The van der Waals surface area contributed by atoms with E-state index in [9.17, 15) is 20.3 Å². The van der Waals surface area contributed by atoms with E-state index >= 15 is 0 Å². The minimum absolute atomic E-state index is 0.0659. The molecule has 0 amide bonds. The molecule has 102 valence electrons. The second kappa shape index (κ2) is 5.22. The zero-order valence-electron chi connectivity index (χ0n) is 9.96. The number of hydrogen-bond donors (Lipinski definition) is 3. The summed E-state index contributed by atoms with van der Waals surface area (Å²) in [5.74, 6) is -1.69. The third-order valence-electron chi connectivity index (χ3n) is 2.40. The molecule has 2 aromatic carbocycles. The van der Waals surface area contributed by atoms with Crippen molar-refractivity contribution in [1.82, 2.24) is 0 Å². The van der Waals surface area contributed by atoms with Crippen molar-refractivity contribution in [2.45, 2.75) is 0 Å². The second-order valence-electron chi connectivity index (χ2n) is 3.81. The topological polar surface area (TPSA) is 129 Å². The molecular formula is C12H9N3O5. The lowest BCUT2D eigenvalue weighted by Gasteiger charge is -2.01. The third kappa shape index (κ3) is 2.80. The molecule has 0 spiro atoms. The average Bonchev–Trinajstić information content (AvgIpc) is 2.42. The Balaban J connectivity index is 2.23. The molecule has 0 bridgehead atoms. The first-order chi connectivity index (χ1) is 9.47. The molecule has 0 aliphatic carbocycles. The lowest BCUT2D eigenvalue weighted by molar-refractivity contribution is -0.384. The lowest BCUT2D eigenvalue weighted by atomic mass is 10.2. The summed E-state index contributed by atoms with van der Waals surface area (Å²) in [6, 6.07) is 7.59. The number of nitrogens with zero attached hydrogens (tertiary/aromatic N) is 3. The minimum Gasteiger partial charge on any atom is -0.504 e. The van der Waals surface area contributed by atoms with Crippen LogP contribution in [0.5, 0.6) is 17.2 Å². The van der Waals surface area contributed by atoms with Gasteiger partial charge in [-0.3, -0.25) is 10.1 Å². The number of aromatic hydroxyl groups is 3. The zero-order valence-corrected chi connectivity index (χ0v) is 9.96. The van der Waals surface area contributed by atoms with Gasteiger partial charge in [0, 0.05) is 24.3 Å². The van der Waals surface area contributed by atoms with Gasteiger partial charge in [-0.05, 0) is 12.1 Å². The van der Waals surface area contributed by atoms with Crippen molar-refractivity contribution >= 4 is 17.1 Å². The summed E-state index contributed by atoms with van der Waals surface area (Å²) in [4.78, 5) is 9.94. The summed E-state index contributed by atoms with van der Waals surface area (Å²) < 4.78 is 0. The van der Waals surface area contributed by atoms with Gasteiger partial charge in [-0.25, -0.2) is 0 Å². The highest BCUT2D eigenvalue weighted by Gasteiger charge is 2.07. The molecule has 2 rings (SSSR count). The van der Waals surface area contributed by atoms with Crippen molar-refractivity contribution in [3.63, 3.8) is 0 Å². The number of azo groups is 1. The molecule has 0 saturated carbocycles. The fraction of sp³-hybridized carbons (Fsp3) is 0. The summed E-state index contributed by atoms with van der Waals surface area (Å²) in [5.41, 5.74) is 0.419. The maximum absolute atomic E-state index is 10.5. The molecule has 8 heteroatoms. The molecule has 0 fully saturated rings. The number of phenolic OH excluding ortho intramolecular Hbond substituents is 3. The predicted molar refractivity (Wildman–Crippen MR) is 68.7 cm³/mol. The van der Waals surface area contributed by atoms with E-state index in [4.69, 9.17) is 5.11 Å². The first kappa shape index (κ1) is 13.3. The Kier molecular flexibility index (Phi) is 3.47. The Bertz CT molecular complexity index is 659. The highest BCUT2D eigenvalue weighted by molar-refractivity contribution is 5.58. The average molecular weight is 275 g/mol. The molecule has 3 N–H and O–H groups in total. The van der Waals surface area contributed by atoms with Gasteiger partial charge in [0.2, 0.25) is 0 Å². The molecule has 8 nitrogen and oxygen atoms in total. The van der Waals surface area contributed by atoms with Crippen LogP contribution < -0.4 is 0 Å². The summed E-state index contributed by atoms with van der Waals surface area (Å²) in [6.07, 6.45) is 0. The van der Waals surface area contributed by atoms with Crippen LogP contribution in [0.3, 0.4) is 0 Å². The Labute approximate surface area is 112 Å². The van der Waals surface area contributed by atoms with E-state index in [-0.39, 0.29) is 11.4 Å². The Hall–Kier alpha value is -3.16. The molecule has 0 unspecified atom stereocenters. The molecule has 0 aliphatic rings. The number of nitro benzene ring substituents is 1. The number of phenols is 3. The molecule has 0 heterocycles. The Morgan fingerprint density at radius 1 is 0.900 bits per heavy atom. The van der Waals surface area contributed by atoms with Crippen molar-refractivity contribution in [1.29, 1.82) is 0 Å². The predicted octanol–water partition coefficient (Wildman–Crippen LogP) is 3.13. The van der Waals surface area contributed by atoms with E-state index < -0.39 is 22.2 Å². The smallest absolute Gasteiger partial charge is 0.269 e. The number of rotatable bonds is 3. The highest BCUT2D eigenvalue weighted by Crippen LogP contribution is 2.38. The molecule has 0 saturated heterocycles. The van der Waals surface area contributed by atoms with Gasteiger partial charge in [-0.15, -0.1) is 0 Å². The van der Waals surface area contributed by atoms with Crippen LogP contribution >= 0.6 is 0 Å². The molecule has 0 radical (unpaired) electrons. The normalized spacial score (nSPS) is 10.8. The summed E-state index contributed by atoms with van der Waals surface area (Å²) >= 11 is 0. The van der Waals surface area contributed by atoms with E-state index in [1.165, 1.54) is 24.3 Å². The third-order valence-corrected chi connectivity index (χ3v) is 2.40. The second-order valence-corrected chi connectivity index (χ2v) is 3.81. The van der Waals surface area contributed by atoms with E-state index in [0.29, 0.717) is 5.69 Å². The van der Waals surface area contributed by atoms with Crippen molar-refractivity contribution in [3.05, 3.63) is 46.5 Å². The van der Waals surface area contributed by atoms with Crippen LogP contribution in [0.2, 0.25) is 0 Å². The SMILES string of the molecule is O=[N+]([O-])c1ccc(N=Nc2cc(O)c(O)c(O)c2)cc1. The van der Waals surface area contributed by atoms with Crippen LogP contribution in [0.25, 0.3) is 0 Å². The Morgan fingerprint density at radius 3 is 1.90 bits per heavy atom. The fourth-order valence-electron chi connectivity index (χ4n) is 1.40. The number of benzene rings is 2. The first-order valence-electron chi connectivity index (χ1n) is 5.38. The fourth-order valence-corrected chi connectivity index (χ4v) is 1.40. The van der Waals surface area contributed by atoms with Gasteiger partial charge in [0.25, 0.3) is 5.69 Å². The molecule has 2 aromatic rings. The van der Waals surface area contributed by atoms with Gasteiger partial charge in [-0.1, -0.05) is 0 Å². The van der Waals surface area contributed by atoms with Gasteiger partial charge in [0.1, 0.15) is 0 Å². The molecule has 0 atom stereocenters. The quantitative estimate of drug-likeness (QED) is 0.343. The lowest BCUT2D eigenvalue weighted by Crippen LogP contribution is -1.85. The molecule has 20 heavy (non-hydrogen) atoms. The van der Waals surface area contributed by atoms with Crippen LogP contribution in [-0.4, -0.2) is 20.2 Å². The molecule has 0 aromatic heterocycles. The molecular weight excluding hydrogens is 266 g/mol. The van der Waals surface area contributed by atoms with Gasteiger partial charge in [0.15, 0.2) is 17.2 Å². The van der Waals surface area contributed by atoms with Gasteiger partial charge < -0.3 is 15.3 Å². The Morgan fingerprint density at radius 2 is 1.40 bits per heavy atom. The van der Waals surface area contributed by atoms with Gasteiger partial charge >= 0.3 is 0 Å². The van der Waals surface area contributed by atoms with Gasteiger partial charge in [0.05, 0.1) is 16.3 Å². The van der Waals surface area contributed by atoms with Crippen LogP contribution in [0.15, 0.2) is 46.6 Å². The van der Waals surface area contributed by atoms with E-state index in [1.54, 1.807) is 0 Å². The van der Waals surface area contributed by atoms with Crippen molar-refractivity contribution in [3.8, 4) is 17.2 Å². The van der Waals surface area contributed by atoms with E-state index in [1.807, 2.05) is 0 Å². The summed E-state index contributed by atoms with van der Waals surface area (Å²) in [7, 11) is 0. The van der Waals surface area contributed by atoms with Crippen molar-refractivity contribution < 1.29 is 20.2 Å². The first-order valence-corrected chi connectivity index (χ1v) is 5.38. The van der Waals surface area contributed by atoms with Crippen LogP contribution in [0.4, 0.5) is 17.1 Å². The van der Waals surface area contributed by atoms with E-state index in [2.05, 4.69) is 10.2 Å². The van der Waals surface area contributed by atoms with E-state index in [0.717, 1.165) is 12.1 Å². The number of nitro groups is 1. The number of hydrogen-bond acceptors (Lipinski definition) is 7. The monoisotopic (exact) mass is 275 g/mol. The summed E-state index contributed by atoms with van der Waals surface area (Å²) in [5, 5.41) is 45.7. The largest absolute Gasteiger partial charge is 0.504 e. The van der Waals surface area contributed by atoms with Crippen molar-refractivity contribution in [2.24, 2.45) is 10.2 Å².